The van der Waals surface area contributed by atoms with Crippen molar-refractivity contribution in [1.82, 2.24) is 19.9 Å². The third-order valence-electron chi connectivity index (χ3n) is 8.38. The van der Waals surface area contributed by atoms with E-state index in [2.05, 4.69) is 29.6 Å². The molecule has 0 aliphatic rings. The number of aromatic nitrogens is 4. The van der Waals surface area contributed by atoms with Crippen LogP contribution in [-0.2, 0) is 48.9 Å². The second-order valence-corrected chi connectivity index (χ2v) is 15.8. The van der Waals surface area contributed by atoms with Gasteiger partial charge in [-0.15, -0.1) is 20.2 Å². The fraction of sp³-hybridized carbons (Fsp3) is 0.436. The molecule has 0 aliphatic heterocycles. The molecule has 0 bridgehead atoms. The predicted molar refractivity (Wildman–Crippen MR) is 220 cm³/mol. The lowest BCUT2D eigenvalue weighted by molar-refractivity contribution is -0.758. The molecule has 0 radical (unpaired) electrons. The summed E-state index contributed by atoms with van der Waals surface area (Å²) >= 11 is 0. The number of anilines is 1. The molecule has 0 spiro atoms. The van der Waals surface area contributed by atoms with Crippen LogP contribution >= 0.6 is 0 Å². The van der Waals surface area contributed by atoms with Gasteiger partial charge in [0, 0.05) is 18.8 Å². The second kappa shape index (κ2) is 23.9. The Labute approximate surface area is 366 Å². The van der Waals surface area contributed by atoms with E-state index in [0.29, 0.717) is 4.31 Å². The summed E-state index contributed by atoms with van der Waals surface area (Å²) in [6.45, 7) is 5.01. The van der Waals surface area contributed by atoms with E-state index >= 15 is 8.42 Å². The quantitative estimate of drug-likeness (QED) is 0.0255. The number of carbonyl (C=O) groups is 2. The topological polar surface area (TPSA) is 292 Å². The fourth-order valence-electron chi connectivity index (χ4n) is 5.36. The Hall–Kier alpha value is -7.15. The Kier molecular flexibility index (Phi) is 18.5. The monoisotopic (exact) mass is 917 g/mol. The van der Waals surface area contributed by atoms with Crippen LogP contribution in [0.1, 0.15) is 52.5 Å². The number of esters is 1. The summed E-state index contributed by atoms with van der Waals surface area (Å²) in [6, 6.07) is 13.9. The summed E-state index contributed by atoms with van der Waals surface area (Å²) < 4.78 is 69.7. The number of carbonyl (C=O) groups excluding carboxylic acids is 2. The smallest absolute Gasteiger partial charge is 0.493 e. The molecule has 1 unspecified atom stereocenters. The number of nitrogens with zero attached hydrogens (tertiary/aromatic N) is 7. The van der Waals surface area contributed by atoms with E-state index in [4.69, 9.17) is 33.2 Å². The molecule has 4 rings (SSSR count). The molecule has 0 N–H and O–H groups in total. The number of ether oxygens (including phenoxy) is 7. The molecule has 2 aromatic heterocycles. The van der Waals surface area contributed by atoms with Gasteiger partial charge in [-0.25, -0.2) is 32.5 Å². The van der Waals surface area contributed by atoms with Gasteiger partial charge in [-0.05, 0) is 61.1 Å². The summed E-state index contributed by atoms with van der Waals surface area (Å²) in [5, 5.41) is 18.8. The van der Waals surface area contributed by atoms with E-state index in [0.717, 1.165) is 5.56 Å². The van der Waals surface area contributed by atoms with Crippen LogP contribution in [0.5, 0.6) is 23.1 Å². The van der Waals surface area contributed by atoms with Gasteiger partial charge in [0.05, 0.1) is 31.8 Å². The van der Waals surface area contributed by atoms with Gasteiger partial charge in [0.15, 0.2) is 29.4 Å². The van der Waals surface area contributed by atoms with Crippen molar-refractivity contribution in [2.75, 3.05) is 57.7 Å². The first-order valence-corrected chi connectivity index (χ1v) is 20.8. The summed E-state index contributed by atoms with van der Waals surface area (Å²) in [5.74, 6) is -2.15. The lowest BCUT2D eigenvalue weighted by atomic mass is 9.87. The predicted octanol–water partition coefficient (Wildman–Crippen LogP) is 5.25. The van der Waals surface area contributed by atoms with E-state index in [1.54, 1.807) is 30.3 Å². The maximum absolute atomic E-state index is 15.0. The number of hydrogen-bond donors (Lipinski definition) is 0. The minimum Gasteiger partial charge on any atom is -0.493 e. The van der Waals surface area contributed by atoms with E-state index in [-0.39, 0.29) is 92.4 Å². The van der Waals surface area contributed by atoms with Crippen LogP contribution in [0.2, 0.25) is 0 Å². The third-order valence-corrected chi connectivity index (χ3v) is 10.2. The molecule has 2 heterocycles. The first-order chi connectivity index (χ1) is 30.5. The highest BCUT2D eigenvalue weighted by molar-refractivity contribution is 7.92. The SMILES string of the molecule is COc1ccccc1Oc1c(OCCOC(=O)CCCCO[N+](=O)[O-])nc(-c2ncccn2)nc1N(C(C)OC(=O)OCCOCCO[N+](=O)[O-])S(=O)(=O)c1ccc(C(C)(C)C)cc1. The molecule has 0 saturated heterocycles. The normalized spacial score (nSPS) is 11.7. The number of rotatable bonds is 26. The van der Waals surface area contributed by atoms with Gasteiger partial charge in [-0.1, -0.05) is 45.0 Å². The van der Waals surface area contributed by atoms with Gasteiger partial charge < -0.3 is 42.8 Å². The van der Waals surface area contributed by atoms with Crippen LogP contribution in [0.25, 0.3) is 11.6 Å². The average Bonchev–Trinajstić information content (AvgIpc) is 3.25. The summed E-state index contributed by atoms with van der Waals surface area (Å²) in [6.07, 6.45) is 0.0667. The highest BCUT2D eigenvalue weighted by Crippen LogP contribution is 2.44. The zero-order chi connectivity index (χ0) is 46.7. The number of methoxy groups -OCH3 is 1. The van der Waals surface area contributed by atoms with Crippen molar-refractivity contribution in [2.45, 2.75) is 63.5 Å². The molecule has 0 aliphatic carbocycles. The third kappa shape index (κ3) is 15.0. The molecule has 0 fully saturated rings. The average molecular weight is 918 g/mol. The Bertz CT molecular complexity index is 2280. The first kappa shape index (κ1) is 49.5. The zero-order valence-corrected chi connectivity index (χ0v) is 36.3. The zero-order valence-electron chi connectivity index (χ0n) is 35.5. The van der Waals surface area contributed by atoms with Crippen molar-refractivity contribution in [2.24, 2.45) is 0 Å². The summed E-state index contributed by atoms with van der Waals surface area (Å²) in [5.41, 5.74) is 0.455. The lowest BCUT2D eigenvalue weighted by Gasteiger charge is -2.30. The largest absolute Gasteiger partial charge is 0.510 e. The molecule has 24 nitrogen and oxygen atoms in total. The van der Waals surface area contributed by atoms with Gasteiger partial charge in [0.2, 0.25) is 11.6 Å². The summed E-state index contributed by atoms with van der Waals surface area (Å²) in [4.78, 5) is 72.0. The first-order valence-electron chi connectivity index (χ1n) is 19.4. The lowest BCUT2D eigenvalue weighted by Crippen LogP contribution is -2.42. The van der Waals surface area contributed by atoms with Crippen LogP contribution in [0.15, 0.2) is 71.9 Å². The van der Waals surface area contributed by atoms with Crippen molar-refractivity contribution >= 4 is 28.0 Å². The van der Waals surface area contributed by atoms with Crippen LogP contribution in [0.3, 0.4) is 0 Å². The maximum atomic E-state index is 15.0. The highest BCUT2D eigenvalue weighted by atomic mass is 32.2. The van der Waals surface area contributed by atoms with Gasteiger partial charge >= 0.3 is 12.1 Å². The Morgan fingerprint density at radius 3 is 2.08 bits per heavy atom. The van der Waals surface area contributed by atoms with E-state index < -0.39 is 62.6 Å². The number of sulfonamides is 1. The standard InChI is InChI=1S/C39H47N7O17S/c1-27(62-38(48)59-23-21-56-22-26-61-46(51)52)44(64(53,54)29-16-14-28(15-17-29)39(2,3)4)36-33(63-31-12-7-6-11-30(31)55-5)37(43-35(42-36)34-40-18-10-19-41-34)58-25-24-57-32(47)13-8-9-20-60-45(49)50/h6-7,10-12,14-19,27H,8-9,13,20-26H2,1-5H3. The van der Waals surface area contributed by atoms with Crippen LogP contribution in [0.4, 0.5) is 10.6 Å². The highest BCUT2D eigenvalue weighted by Gasteiger charge is 2.39. The number of hydrogen-bond acceptors (Lipinski definition) is 21. The number of unbranched alkanes of at least 4 members (excludes halogenated alkanes) is 1. The van der Waals surface area contributed by atoms with Crippen molar-refractivity contribution in [3.63, 3.8) is 0 Å². The van der Waals surface area contributed by atoms with E-state index in [9.17, 15) is 29.8 Å². The van der Waals surface area contributed by atoms with E-state index in [1.807, 2.05) is 20.8 Å². The van der Waals surface area contributed by atoms with Gasteiger partial charge in [0.25, 0.3) is 26.1 Å². The molecule has 4 aromatic rings. The van der Waals surface area contributed by atoms with Gasteiger partial charge in [0.1, 0.15) is 26.4 Å². The Morgan fingerprint density at radius 2 is 1.42 bits per heavy atom. The molecule has 0 saturated carbocycles. The van der Waals surface area contributed by atoms with Crippen molar-refractivity contribution < 1.29 is 71.0 Å². The maximum Gasteiger partial charge on any atom is 0.510 e. The van der Waals surface area contributed by atoms with Crippen molar-refractivity contribution in [1.29, 1.82) is 0 Å². The van der Waals surface area contributed by atoms with E-state index in [1.165, 1.54) is 50.7 Å². The van der Waals surface area contributed by atoms with Crippen LogP contribution in [0, 0.1) is 20.2 Å². The Balaban J connectivity index is 1.80. The summed E-state index contributed by atoms with van der Waals surface area (Å²) in [7, 11) is -3.43. The van der Waals surface area contributed by atoms with Gasteiger partial charge in [-0.2, -0.15) is 4.98 Å². The number of benzene rings is 2. The van der Waals surface area contributed by atoms with Gasteiger partial charge in [-0.3, -0.25) is 4.79 Å². The molecule has 1 atom stereocenters. The molecule has 0 amide bonds. The Morgan fingerprint density at radius 1 is 0.781 bits per heavy atom. The second-order valence-electron chi connectivity index (χ2n) is 14.0. The molecular weight excluding hydrogens is 871 g/mol. The van der Waals surface area contributed by atoms with Crippen LogP contribution < -0.4 is 18.5 Å². The molecule has 64 heavy (non-hydrogen) atoms. The van der Waals surface area contributed by atoms with Crippen molar-refractivity contribution in [3.05, 3.63) is 92.8 Å². The van der Waals surface area contributed by atoms with Crippen LogP contribution in [-0.4, -0.2) is 110 Å². The number of para-hydroxylation sites is 2. The molecular formula is C39H47N7O17S. The minimum atomic E-state index is -4.81. The molecule has 346 valence electrons. The fourth-order valence-corrected chi connectivity index (χ4v) is 6.85. The molecule has 25 heteroatoms. The molecule has 2 aromatic carbocycles. The minimum absolute atomic E-state index is 0.0411. The van der Waals surface area contributed by atoms with Crippen molar-refractivity contribution in [3.8, 4) is 34.8 Å².